The first-order chi connectivity index (χ1) is 9.63. The molecule has 0 radical (unpaired) electrons. The predicted molar refractivity (Wildman–Crippen MR) is 84.2 cm³/mol. The minimum absolute atomic E-state index is 0.647. The Kier molecular flexibility index (Phi) is 5.83. The molecule has 2 rings (SSSR count). The number of hydrogen-bond donors (Lipinski definition) is 1. The fourth-order valence-electron chi connectivity index (χ4n) is 1.61. The van der Waals surface area contributed by atoms with E-state index in [1.165, 1.54) is 17.3 Å². The number of nitrogens with zero attached hydrogens (tertiary/aromatic N) is 2. The van der Waals surface area contributed by atoms with Crippen LogP contribution in [-0.2, 0) is 6.54 Å². The summed E-state index contributed by atoms with van der Waals surface area (Å²) >= 11 is 7.34. The van der Waals surface area contributed by atoms with Crippen LogP contribution >= 0.6 is 23.4 Å². The summed E-state index contributed by atoms with van der Waals surface area (Å²) in [7, 11) is 0. The molecule has 0 aliphatic heterocycles. The Morgan fingerprint density at radius 2 is 1.80 bits per heavy atom. The lowest BCUT2D eigenvalue weighted by molar-refractivity contribution is 0.551. The van der Waals surface area contributed by atoms with Crippen molar-refractivity contribution < 1.29 is 0 Å². The molecule has 0 spiro atoms. The van der Waals surface area contributed by atoms with Crippen molar-refractivity contribution in [3.63, 3.8) is 0 Å². The summed E-state index contributed by atoms with van der Waals surface area (Å²) < 4.78 is 0. The third kappa shape index (κ3) is 5.12. The van der Waals surface area contributed by atoms with Crippen molar-refractivity contribution in [2.45, 2.75) is 30.4 Å². The molecule has 0 saturated heterocycles. The molecule has 2 aromatic heterocycles. The van der Waals surface area contributed by atoms with E-state index in [0.29, 0.717) is 10.9 Å². The van der Waals surface area contributed by atoms with Crippen LogP contribution in [0.3, 0.4) is 0 Å². The van der Waals surface area contributed by atoms with Crippen LogP contribution in [0.2, 0.25) is 5.02 Å². The highest BCUT2D eigenvalue weighted by atomic mass is 35.5. The van der Waals surface area contributed by atoms with Gasteiger partial charge in [-0.2, -0.15) is 0 Å². The van der Waals surface area contributed by atoms with Crippen LogP contribution in [0.4, 0.5) is 0 Å². The molecule has 3 nitrogen and oxygen atoms in total. The van der Waals surface area contributed by atoms with E-state index in [9.17, 15) is 0 Å². The Morgan fingerprint density at radius 3 is 2.35 bits per heavy atom. The quantitative estimate of drug-likeness (QED) is 0.874. The molecule has 0 aromatic carbocycles. The third-order valence-corrected chi connectivity index (χ3v) is 3.71. The standard InChI is InChI=1S/C15H18ClN3S/c1-11(2)7-17-8-12-3-5-14(18-9-12)20-15-6-4-13(16)10-19-15/h3-6,9-11,17H,7-8H2,1-2H3. The fourth-order valence-corrected chi connectivity index (χ4v) is 2.42. The predicted octanol–water partition coefficient (Wildman–Crippen LogP) is 4.03. The Balaban J connectivity index is 1.89. The lowest BCUT2D eigenvalue weighted by Gasteiger charge is -2.07. The van der Waals surface area contributed by atoms with Crippen LogP contribution in [0.25, 0.3) is 0 Å². The third-order valence-electron chi connectivity index (χ3n) is 2.59. The topological polar surface area (TPSA) is 37.8 Å². The molecule has 20 heavy (non-hydrogen) atoms. The van der Waals surface area contributed by atoms with Crippen LogP contribution in [0.15, 0.2) is 46.7 Å². The van der Waals surface area contributed by atoms with Crippen molar-refractivity contribution in [3.8, 4) is 0 Å². The van der Waals surface area contributed by atoms with Crippen molar-refractivity contribution in [3.05, 3.63) is 47.2 Å². The van der Waals surface area contributed by atoms with Gasteiger partial charge in [0.1, 0.15) is 10.1 Å². The van der Waals surface area contributed by atoms with Crippen molar-refractivity contribution in [1.29, 1.82) is 0 Å². The van der Waals surface area contributed by atoms with E-state index in [0.717, 1.165) is 23.1 Å². The molecule has 2 aromatic rings. The van der Waals surface area contributed by atoms with Gasteiger partial charge in [0, 0.05) is 18.9 Å². The van der Waals surface area contributed by atoms with E-state index >= 15 is 0 Å². The van der Waals surface area contributed by atoms with Gasteiger partial charge in [0.05, 0.1) is 5.02 Å². The summed E-state index contributed by atoms with van der Waals surface area (Å²) in [6, 6.07) is 7.85. The highest BCUT2D eigenvalue weighted by Gasteiger charge is 2.01. The minimum Gasteiger partial charge on any atom is -0.312 e. The van der Waals surface area contributed by atoms with Gasteiger partial charge in [-0.05, 0) is 36.2 Å². The monoisotopic (exact) mass is 307 g/mol. The molecule has 0 aliphatic carbocycles. The summed E-state index contributed by atoms with van der Waals surface area (Å²) in [6.45, 7) is 6.27. The highest BCUT2D eigenvalue weighted by molar-refractivity contribution is 7.99. The molecule has 1 N–H and O–H groups in total. The number of pyridine rings is 2. The highest BCUT2D eigenvalue weighted by Crippen LogP contribution is 2.24. The Labute approximate surface area is 129 Å². The second-order valence-electron chi connectivity index (χ2n) is 4.95. The zero-order chi connectivity index (χ0) is 14.4. The van der Waals surface area contributed by atoms with E-state index in [-0.39, 0.29) is 0 Å². The summed E-state index contributed by atoms with van der Waals surface area (Å²) in [5, 5.41) is 5.88. The van der Waals surface area contributed by atoms with Crippen LogP contribution in [0.5, 0.6) is 0 Å². The van der Waals surface area contributed by atoms with Gasteiger partial charge < -0.3 is 5.32 Å². The van der Waals surface area contributed by atoms with Crippen molar-refractivity contribution >= 4 is 23.4 Å². The molecular formula is C15H18ClN3S. The van der Waals surface area contributed by atoms with E-state index in [1.54, 1.807) is 6.20 Å². The number of nitrogens with one attached hydrogen (secondary N) is 1. The van der Waals surface area contributed by atoms with E-state index in [4.69, 9.17) is 11.6 Å². The van der Waals surface area contributed by atoms with Crippen LogP contribution in [-0.4, -0.2) is 16.5 Å². The van der Waals surface area contributed by atoms with Crippen LogP contribution in [0.1, 0.15) is 19.4 Å². The first kappa shape index (κ1) is 15.3. The lowest BCUT2D eigenvalue weighted by Crippen LogP contribution is -2.18. The summed E-state index contributed by atoms with van der Waals surface area (Å²) in [5.74, 6) is 0.661. The number of hydrogen-bond acceptors (Lipinski definition) is 4. The summed E-state index contributed by atoms with van der Waals surface area (Å²) in [6.07, 6.45) is 3.56. The fraction of sp³-hybridized carbons (Fsp3) is 0.333. The van der Waals surface area contributed by atoms with E-state index < -0.39 is 0 Å². The summed E-state index contributed by atoms with van der Waals surface area (Å²) in [4.78, 5) is 8.69. The van der Waals surface area contributed by atoms with Gasteiger partial charge in [-0.3, -0.25) is 0 Å². The molecule has 0 amide bonds. The molecule has 106 valence electrons. The zero-order valence-electron chi connectivity index (χ0n) is 11.6. The molecule has 0 atom stereocenters. The maximum Gasteiger partial charge on any atom is 0.102 e. The maximum atomic E-state index is 5.81. The van der Waals surface area contributed by atoms with Crippen LogP contribution < -0.4 is 5.32 Å². The van der Waals surface area contributed by atoms with Crippen LogP contribution in [0, 0.1) is 5.92 Å². The van der Waals surface area contributed by atoms with Crippen molar-refractivity contribution in [1.82, 2.24) is 15.3 Å². The molecule has 0 aliphatic rings. The average Bonchev–Trinajstić information content (AvgIpc) is 2.43. The average molecular weight is 308 g/mol. The SMILES string of the molecule is CC(C)CNCc1ccc(Sc2ccc(Cl)cn2)nc1. The second-order valence-corrected chi connectivity index (χ2v) is 6.42. The number of rotatable bonds is 6. The van der Waals surface area contributed by atoms with E-state index in [1.807, 2.05) is 24.4 Å². The number of halogens is 1. The van der Waals surface area contributed by atoms with Gasteiger partial charge in [-0.15, -0.1) is 0 Å². The minimum atomic E-state index is 0.647. The van der Waals surface area contributed by atoms with Crippen molar-refractivity contribution in [2.75, 3.05) is 6.54 Å². The molecular weight excluding hydrogens is 290 g/mol. The van der Waals surface area contributed by atoms with E-state index in [2.05, 4.69) is 35.2 Å². The molecule has 0 bridgehead atoms. The molecule has 0 saturated carbocycles. The van der Waals surface area contributed by atoms with Gasteiger partial charge >= 0.3 is 0 Å². The first-order valence-electron chi connectivity index (χ1n) is 6.58. The first-order valence-corrected chi connectivity index (χ1v) is 7.78. The maximum absolute atomic E-state index is 5.81. The Bertz CT molecular complexity index is 526. The zero-order valence-corrected chi connectivity index (χ0v) is 13.2. The largest absolute Gasteiger partial charge is 0.312 e. The molecule has 0 unspecified atom stereocenters. The van der Waals surface area contributed by atoms with Gasteiger partial charge in [-0.1, -0.05) is 43.3 Å². The smallest absolute Gasteiger partial charge is 0.102 e. The molecule has 2 heterocycles. The van der Waals surface area contributed by atoms with Crippen molar-refractivity contribution in [2.24, 2.45) is 5.92 Å². The molecule has 5 heteroatoms. The van der Waals surface area contributed by atoms with Gasteiger partial charge in [0.15, 0.2) is 0 Å². The molecule has 0 fully saturated rings. The second kappa shape index (κ2) is 7.62. The number of aromatic nitrogens is 2. The lowest BCUT2D eigenvalue weighted by atomic mass is 10.2. The van der Waals surface area contributed by atoms with Gasteiger partial charge in [0.2, 0.25) is 0 Å². The Morgan fingerprint density at radius 1 is 1.10 bits per heavy atom. The summed E-state index contributed by atoms with van der Waals surface area (Å²) in [5.41, 5.74) is 1.19. The normalized spacial score (nSPS) is 11.0. The Hall–Kier alpha value is -1.10. The van der Waals surface area contributed by atoms with Gasteiger partial charge in [-0.25, -0.2) is 9.97 Å². The van der Waals surface area contributed by atoms with Gasteiger partial charge in [0.25, 0.3) is 0 Å².